The first-order chi connectivity index (χ1) is 8.66. The van der Waals surface area contributed by atoms with Gasteiger partial charge in [0.25, 0.3) is 0 Å². The first-order valence-corrected chi connectivity index (χ1v) is 5.97. The summed E-state index contributed by atoms with van der Waals surface area (Å²) < 4.78 is 1.94. The van der Waals surface area contributed by atoms with Crippen LogP contribution < -0.4 is 5.73 Å². The number of nitrogens with zero attached hydrogens (tertiary/aromatic N) is 2. The van der Waals surface area contributed by atoms with E-state index in [0.29, 0.717) is 5.82 Å². The van der Waals surface area contributed by atoms with E-state index in [2.05, 4.69) is 24.0 Å². The molecule has 0 radical (unpaired) electrons. The lowest BCUT2D eigenvalue weighted by molar-refractivity contribution is 1.16. The summed E-state index contributed by atoms with van der Waals surface area (Å²) in [4.78, 5) is 4.62. The van der Waals surface area contributed by atoms with E-state index in [1.165, 1.54) is 11.1 Å². The van der Waals surface area contributed by atoms with Crippen LogP contribution >= 0.6 is 0 Å². The third kappa shape index (κ3) is 1.56. The third-order valence-electron chi connectivity index (χ3n) is 3.20. The molecule has 0 aliphatic carbocycles. The van der Waals surface area contributed by atoms with Gasteiger partial charge in [-0.25, -0.2) is 4.98 Å². The number of aryl methyl sites for hydroxylation is 2. The average molecular weight is 237 g/mol. The Hall–Kier alpha value is -2.29. The lowest BCUT2D eigenvalue weighted by Gasteiger charge is -2.03. The molecule has 3 aromatic rings. The smallest absolute Gasteiger partial charge is 0.139 e. The number of nitrogens with two attached hydrogens (primary N) is 1. The van der Waals surface area contributed by atoms with Gasteiger partial charge in [-0.15, -0.1) is 0 Å². The molecule has 3 heteroatoms. The van der Waals surface area contributed by atoms with Gasteiger partial charge in [-0.05, 0) is 31.0 Å². The summed E-state index contributed by atoms with van der Waals surface area (Å²) in [6.07, 6.45) is 2.01. The van der Waals surface area contributed by atoms with E-state index in [-0.39, 0.29) is 0 Å². The maximum Gasteiger partial charge on any atom is 0.139 e. The number of imidazole rings is 1. The minimum absolute atomic E-state index is 0.697. The highest BCUT2D eigenvalue weighted by atomic mass is 15.1. The topological polar surface area (TPSA) is 43.3 Å². The normalized spacial score (nSPS) is 11.0. The molecule has 3 nitrogen and oxygen atoms in total. The zero-order chi connectivity index (χ0) is 12.7. The van der Waals surface area contributed by atoms with E-state index < -0.39 is 0 Å². The fraction of sp³-hybridized carbons (Fsp3) is 0.133. The van der Waals surface area contributed by atoms with Crippen LogP contribution in [0.1, 0.15) is 11.1 Å². The van der Waals surface area contributed by atoms with Gasteiger partial charge in [-0.3, -0.25) is 4.40 Å². The van der Waals surface area contributed by atoms with Crippen molar-refractivity contribution in [1.29, 1.82) is 0 Å². The first kappa shape index (κ1) is 10.8. The Morgan fingerprint density at radius 3 is 2.61 bits per heavy atom. The molecule has 2 N–H and O–H groups in total. The number of rotatable bonds is 1. The Balaban J connectivity index is 2.31. The monoisotopic (exact) mass is 237 g/mol. The van der Waals surface area contributed by atoms with Crippen LogP contribution in [0.5, 0.6) is 0 Å². The van der Waals surface area contributed by atoms with Gasteiger partial charge in [0.15, 0.2) is 0 Å². The lowest BCUT2D eigenvalue weighted by Crippen LogP contribution is -1.95. The Kier molecular flexibility index (Phi) is 2.33. The van der Waals surface area contributed by atoms with Crippen molar-refractivity contribution in [2.24, 2.45) is 0 Å². The van der Waals surface area contributed by atoms with Crippen molar-refractivity contribution in [3.05, 3.63) is 53.7 Å². The number of hydrogen-bond donors (Lipinski definition) is 1. The molecule has 0 aliphatic rings. The van der Waals surface area contributed by atoms with Crippen LogP contribution in [0.2, 0.25) is 0 Å². The van der Waals surface area contributed by atoms with Crippen molar-refractivity contribution in [3.63, 3.8) is 0 Å². The van der Waals surface area contributed by atoms with Crippen LogP contribution in [0.15, 0.2) is 42.6 Å². The second-order valence-electron chi connectivity index (χ2n) is 4.60. The number of nitrogen functional groups attached to an aromatic ring is 1. The number of aromatic nitrogens is 2. The Bertz CT molecular complexity index is 726. The molecule has 2 heterocycles. The van der Waals surface area contributed by atoms with Gasteiger partial charge in [0.2, 0.25) is 0 Å². The van der Waals surface area contributed by atoms with E-state index in [1.807, 2.05) is 41.8 Å². The van der Waals surface area contributed by atoms with E-state index in [0.717, 1.165) is 16.9 Å². The molecule has 0 fully saturated rings. The molecule has 0 saturated heterocycles. The predicted octanol–water partition coefficient (Wildman–Crippen LogP) is 3.20. The molecule has 0 spiro atoms. The van der Waals surface area contributed by atoms with Crippen LogP contribution in [-0.2, 0) is 0 Å². The minimum atomic E-state index is 0.697. The Labute approximate surface area is 106 Å². The molecular formula is C15H15N3. The minimum Gasteiger partial charge on any atom is -0.383 e. The molecule has 0 atom stereocenters. The van der Waals surface area contributed by atoms with Crippen LogP contribution in [0, 0.1) is 13.8 Å². The fourth-order valence-corrected chi connectivity index (χ4v) is 2.21. The van der Waals surface area contributed by atoms with E-state index in [9.17, 15) is 0 Å². The summed E-state index contributed by atoms with van der Waals surface area (Å²) in [5, 5.41) is 0. The molecule has 0 bridgehead atoms. The standard InChI is InChI=1S/C15H15N3/c1-10-7-8-13-17-14(15(16)18(13)9-10)12-6-4-3-5-11(12)2/h3-9H,16H2,1-2H3. The van der Waals surface area contributed by atoms with Crippen LogP contribution in [0.4, 0.5) is 5.82 Å². The van der Waals surface area contributed by atoms with Gasteiger partial charge in [-0.1, -0.05) is 30.3 Å². The summed E-state index contributed by atoms with van der Waals surface area (Å²) in [7, 11) is 0. The molecule has 3 rings (SSSR count). The molecule has 0 aliphatic heterocycles. The molecule has 2 aromatic heterocycles. The van der Waals surface area contributed by atoms with Gasteiger partial charge in [0, 0.05) is 11.8 Å². The molecule has 90 valence electrons. The van der Waals surface area contributed by atoms with Gasteiger partial charge in [-0.2, -0.15) is 0 Å². The summed E-state index contributed by atoms with van der Waals surface area (Å²) in [6, 6.07) is 12.2. The predicted molar refractivity (Wildman–Crippen MR) is 74.5 cm³/mol. The molecule has 0 saturated carbocycles. The van der Waals surface area contributed by atoms with Crippen LogP contribution in [-0.4, -0.2) is 9.38 Å². The van der Waals surface area contributed by atoms with Crippen LogP contribution in [0.3, 0.4) is 0 Å². The quantitative estimate of drug-likeness (QED) is 0.706. The molecule has 0 unspecified atom stereocenters. The summed E-state index contributed by atoms with van der Waals surface area (Å²) in [5.41, 5.74) is 11.4. The Morgan fingerprint density at radius 1 is 1.06 bits per heavy atom. The highest BCUT2D eigenvalue weighted by Crippen LogP contribution is 2.28. The largest absolute Gasteiger partial charge is 0.383 e. The molecular weight excluding hydrogens is 222 g/mol. The number of benzene rings is 1. The van der Waals surface area contributed by atoms with E-state index >= 15 is 0 Å². The van der Waals surface area contributed by atoms with Crippen molar-refractivity contribution in [3.8, 4) is 11.3 Å². The summed E-state index contributed by atoms with van der Waals surface area (Å²) in [5.74, 6) is 0.697. The third-order valence-corrected chi connectivity index (χ3v) is 3.20. The zero-order valence-corrected chi connectivity index (χ0v) is 10.5. The van der Waals surface area contributed by atoms with Crippen molar-refractivity contribution in [2.45, 2.75) is 13.8 Å². The van der Waals surface area contributed by atoms with Gasteiger partial charge >= 0.3 is 0 Å². The van der Waals surface area contributed by atoms with Crippen molar-refractivity contribution < 1.29 is 0 Å². The first-order valence-electron chi connectivity index (χ1n) is 5.97. The molecule has 0 amide bonds. The molecule has 18 heavy (non-hydrogen) atoms. The number of hydrogen-bond acceptors (Lipinski definition) is 2. The maximum atomic E-state index is 6.21. The molecule has 1 aromatic carbocycles. The van der Waals surface area contributed by atoms with Crippen LogP contribution in [0.25, 0.3) is 16.9 Å². The number of fused-ring (bicyclic) bond motifs is 1. The fourth-order valence-electron chi connectivity index (χ4n) is 2.21. The summed E-state index contributed by atoms with van der Waals surface area (Å²) in [6.45, 7) is 4.12. The highest BCUT2D eigenvalue weighted by molar-refractivity contribution is 5.76. The number of pyridine rings is 1. The van der Waals surface area contributed by atoms with Gasteiger partial charge < -0.3 is 5.73 Å². The average Bonchev–Trinajstić information content (AvgIpc) is 2.68. The second kappa shape index (κ2) is 3.88. The van der Waals surface area contributed by atoms with Gasteiger partial charge in [0.1, 0.15) is 17.2 Å². The van der Waals surface area contributed by atoms with Gasteiger partial charge in [0.05, 0.1) is 0 Å². The van der Waals surface area contributed by atoms with Crippen molar-refractivity contribution in [2.75, 3.05) is 5.73 Å². The van der Waals surface area contributed by atoms with E-state index in [4.69, 9.17) is 5.73 Å². The Morgan fingerprint density at radius 2 is 1.83 bits per heavy atom. The highest BCUT2D eigenvalue weighted by Gasteiger charge is 2.12. The number of anilines is 1. The summed E-state index contributed by atoms with van der Waals surface area (Å²) >= 11 is 0. The van der Waals surface area contributed by atoms with Crippen molar-refractivity contribution in [1.82, 2.24) is 9.38 Å². The van der Waals surface area contributed by atoms with E-state index in [1.54, 1.807) is 0 Å². The zero-order valence-electron chi connectivity index (χ0n) is 10.5. The maximum absolute atomic E-state index is 6.21. The second-order valence-corrected chi connectivity index (χ2v) is 4.60. The SMILES string of the molecule is Cc1ccc2nc(-c3ccccc3C)c(N)n2c1. The lowest BCUT2D eigenvalue weighted by atomic mass is 10.1. The van der Waals surface area contributed by atoms with Crippen molar-refractivity contribution >= 4 is 11.5 Å².